The second-order valence-corrected chi connectivity index (χ2v) is 3.35. The standard InChI is InChI=1S/C9H9Cl2NO/c1-2-6-3-4-12-9(11)7(5-13)8(6)10/h4-5H,2-3H2,1H3. The van der Waals surface area contributed by atoms with Crippen LogP contribution in [0.25, 0.3) is 0 Å². The molecule has 0 amide bonds. The smallest absolute Gasteiger partial charge is 0.154 e. The maximum atomic E-state index is 10.7. The van der Waals surface area contributed by atoms with Crippen molar-refractivity contribution in [3.8, 4) is 0 Å². The Hall–Kier alpha value is -0.600. The number of hydrogen-bond donors (Lipinski definition) is 0. The Balaban J connectivity index is 3.22. The zero-order valence-electron chi connectivity index (χ0n) is 7.18. The van der Waals surface area contributed by atoms with Crippen LogP contribution in [-0.2, 0) is 4.79 Å². The van der Waals surface area contributed by atoms with Gasteiger partial charge in [0.1, 0.15) is 5.16 Å². The molecule has 0 aromatic carbocycles. The second kappa shape index (κ2) is 4.58. The first kappa shape index (κ1) is 10.5. The van der Waals surface area contributed by atoms with Gasteiger partial charge in [0.15, 0.2) is 6.29 Å². The van der Waals surface area contributed by atoms with Gasteiger partial charge in [0, 0.05) is 12.6 Å². The molecule has 0 atom stereocenters. The van der Waals surface area contributed by atoms with Gasteiger partial charge in [-0.2, -0.15) is 0 Å². The number of allylic oxidation sites excluding steroid dienone is 3. The summed E-state index contributed by atoms with van der Waals surface area (Å²) in [6.45, 7) is 1.98. The molecule has 0 saturated heterocycles. The summed E-state index contributed by atoms with van der Waals surface area (Å²) in [4.78, 5) is 14.5. The molecule has 13 heavy (non-hydrogen) atoms. The topological polar surface area (TPSA) is 29.4 Å². The quantitative estimate of drug-likeness (QED) is 0.517. The Morgan fingerprint density at radius 2 is 2.31 bits per heavy atom. The molecule has 0 saturated carbocycles. The van der Waals surface area contributed by atoms with Gasteiger partial charge >= 0.3 is 0 Å². The van der Waals surface area contributed by atoms with Crippen LogP contribution in [0, 0.1) is 0 Å². The Labute approximate surface area is 86.9 Å². The van der Waals surface area contributed by atoms with Crippen molar-refractivity contribution in [3.05, 3.63) is 21.3 Å². The van der Waals surface area contributed by atoms with E-state index in [0.29, 0.717) is 17.7 Å². The number of halogens is 2. The van der Waals surface area contributed by atoms with E-state index >= 15 is 0 Å². The predicted octanol–water partition coefficient (Wildman–Crippen LogP) is 3.01. The van der Waals surface area contributed by atoms with E-state index in [-0.39, 0.29) is 10.7 Å². The number of carbonyl (C=O) groups is 1. The average molecular weight is 218 g/mol. The fourth-order valence-corrected chi connectivity index (χ4v) is 1.68. The molecule has 1 rings (SSSR count). The van der Waals surface area contributed by atoms with Crippen LogP contribution in [0.1, 0.15) is 19.8 Å². The van der Waals surface area contributed by atoms with Gasteiger partial charge in [-0.05, 0) is 12.0 Å². The van der Waals surface area contributed by atoms with Crippen LogP contribution in [0.4, 0.5) is 0 Å². The Morgan fingerprint density at radius 1 is 1.62 bits per heavy atom. The highest BCUT2D eigenvalue weighted by atomic mass is 35.5. The summed E-state index contributed by atoms with van der Waals surface area (Å²) in [5.41, 5.74) is 1.28. The summed E-state index contributed by atoms with van der Waals surface area (Å²) in [6, 6.07) is 0. The van der Waals surface area contributed by atoms with Gasteiger partial charge in [0.25, 0.3) is 0 Å². The zero-order chi connectivity index (χ0) is 9.84. The highest BCUT2D eigenvalue weighted by Crippen LogP contribution is 2.28. The van der Waals surface area contributed by atoms with Crippen LogP contribution in [0.2, 0.25) is 0 Å². The number of rotatable bonds is 2. The van der Waals surface area contributed by atoms with Gasteiger partial charge < -0.3 is 0 Å². The Bertz CT molecular complexity index is 316. The lowest BCUT2D eigenvalue weighted by atomic mass is 10.1. The SMILES string of the molecule is CCC1=C(Cl)C(C=O)=C(Cl)N=CC1. The largest absolute Gasteiger partial charge is 0.298 e. The Kier molecular flexibility index (Phi) is 3.70. The molecular formula is C9H9Cl2NO. The van der Waals surface area contributed by atoms with Gasteiger partial charge in [-0.25, -0.2) is 4.99 Å². The molecule has 1 heterocycles. The van der Waals surface area contributed by atoms with E-state index in [9.17, 15) is 4.79 Å². The number of nitrogens with zero attached hydrogens (tertiary/aromatic N) is 1. The van der Waals surface area contributed by atoms with Gasteiger partial charge in [-0.1, -0.05) is 30.1 Å². The molecular weight excluding hydrogens is 209 g/mol. The minimum absolute atomic E-state index is 0.170. The number of aliphatic imine (C=N–C) groups is 1. The van der Waals surface area contributed by atoms with Gasteiger partial charge in [0.2, 0.25) is 0 Å². The first-order valence-corrected chi connectivity index (χ1v) is 4.71. The van der Waals surface area contributed by atoms with Crippen molar-refractivity contribution in [3.63, 3.8) is 0 Å². The first-order valence-electron chi connectivity index (χ1n) is 3.96. The van der Waals surface area contributed by atoms with Crippen molar-refractivity contribution in [1.29, 1.82) is 0 Å². The van der Waals surface area contributed by atoms with Crippen molar-refractivity contribution in [1.82, 2.24) is 0 Å². The maximum Gasteiger partial charge on any atom is 0.154 e. The number of hydrogen-bond acceptors (Lipinski definition) is 2. The number of aldehydes is 1. The molecule has 0 aromatic heterocycles. The van der Waals surface area contributed by atoms with Crippen LogP contribution in [0.3, 0.4) is 0 Å². The van der Waals surface area contributed by atoms with E-state index in [1.54, 1.807) is 6.21 Å². The Morgan fingerprint density at radius 3 is 2.85 bits per heavy atom. The molecule has 0 radical (unpaired) electrons. The van der Waals surface area contributed by atoms with E-state index in [4.69, 9.17) is 23.2 Å². The lowest BCUT2D eigenvalue weighted by Gasteiger charge is -2.02. The van der Waals surface area contributed by atoms with Crippen LogP contribution in [0.15, 0.2) is 26.3 Å². The molecule has 4 heteroatoms. The summed E-state index contributed by atoms with van der Waals surface area (Å²) in [5, 5.41) is 0.614. The van der Waals surface area contributed by atoms with E-state index in [0.717, 1.165) is 12.0 Å². The van der Waals surface area contributed by atoms with Crippen molar-refractivity contribution in [2.45, 2.75) is 19.8 Å². The molecule has 1 aliphatic rings. The van der Waals surface area contributed by atoms with Crippen LogP contribution < -0.4 is 0 Å². The van der Waals surface area contributed by atoms with Crippen molar-refractivity contribution >= 4 is 35.7 Å². The van der Waals surface area contributed by atoms with Crippen molar-refractivity contribution in [2.24, 2.45) is 4.99 Å². The van der Waals surface area contributed by atoms with Gasteiger partial charge in [-0.15, -0.1) is 0 Å². The highest BCUT2D eigenvalue weighted by Gasteiger charge is 2.13. The van der Waals surface area contributed by atoms with E-state index in [2.05, 4.69) is 4.99 Å². The van der Waals surface area contributed by atoms with Crippen molar-refractivity contribution in [2.75, 3.05) is 0 Å². The molecule has 0 unspecified atom stereocenters. The van der Waals surface area contributed by atoms with Gasteiger partial charge in [0.05, 0.1) is 10.6 Å². The molecule has 2 nitrogen and oxygen atoms in total. The summed E-state index contributed by atoms with van der Waals surface area (Å²) in [6.07, 6.45) is 3.76. The van der Waals surface area contributed by atoms with Crippen LogP contribution in [0.5, 0.6) is 0 Å². The minimum atomic E-state index is 0.170. The zero-order valence-corrected chi connectivity index (χ0v) is 8.69. The maximum absolute atomic E-state index is 10.7. The minimum Gasteiger partial charge on any atom is -0.298 e. The van der Waals surface area contributed by atoms with Crippen LogP contribution >= 0.6 is 23.2 Å². The van der Waals surface area contributed by atoms with Gasteiger partial charge in [-0.3, -0.25) is 4.79 Å². The molecule has 0 fully saturated rings. The van der Waals surface area contributed by atoms with Crippen LogP contribution in [-0.4, -0.2) is 12.5 Å². The van der Waals surface area contributed by atoms with Crippen molar-refractivity contribution < 1.29 is 4.79 Å². The highest BCUT2D eigenvalue weighted by molar-refractivity contribution is 6.39. The molecule has 0 spiro atoms. The summed E-state index contributed by atoms with van der Waals surface area (Å²) in [5.74, 6) is 0. The molecule has 0 N–H and O–H groups in total. The lowest BCUT2D eigenvalue weighted by molar-refractivity contribution is -0.104. The molecule has 1 aliphatic heterocycles. The summed E-state index contributed by atoms with van der Waals surface area (Å²) in [7, 11) is 0. The third-order valence-electron chi connectivity index (χ3n) is 1.86. The number of carbonyl (C=O) groups excluding carboxylic acids is 1. The molecule has 0 bridgehead atoms. The summed E-state index contributed by atoms with van der Waals surface area (Å²) >= 11 is 11.7. The third kappa shape index (κ3) is 2.20. The molecule has 0 aliphatic carbocycles. The fourth-order valence-electron chi connectivity index (χ4n) is 1.08. The fraction of sp³-hybridized carbons (Fsp3) is 0.333. The van der Waals surface area contributed by atoms with E-state index in [1.807, 2.05) is 6.92 Å². The predicted molar refractivity (Wildman–Crippen MR) is 55.2 cm³/mol. The lowest BCUT2D eigenvalue weighted by Crippen LogP contribution is -1.91. The van der Waals surface area contributed by atoms with E-state index in [1.165, 1.54) is 0 Å². The normalized spacial score (nSPS) is 17.8. The second-order valence-electron chi connectivity index (χ2n) is 2.61. The molecule has 0 aromatic rings. The van der Waals surface area contributed by atoms with E-state index < -0.39 is 0 Å². The third-order valence-corrected chi connectivity index (χ3v) is 2.63. The average Bonchev–Trinajstić information content (AvgIpc) is 2.25. The molecule has 70 valence electrons. The first-order chi connectivity index (χ1) is 6.20. The monoisotopic (exact) mass is 217 g/mol. The summed E-state index contributed by atoms with van der Waals surface area (Å²) < 4.78 is 0.